The largest absolute Gasteiger partial charge is 0.481 e. The van der Waals surface area contributed by atoms with Crippen molar-refractivity contribution in [2.24, 2.45) is 0 Å². The second-order valence-electron chi connectivity index (χ2n) is 3.95. The number of ether oxygens (including phenoxy) is 1. The standard InChI is InChI=1S/C10H19NO3/c1-11-10(7-9(12)13)6-4-3-5-8(10)14-2/h8,11H,3-7H2,1-2H3,(H,12,13). The molecule has 0 aromatic rings. The average Bonchev–Trinajstić information content (AvgIpc) is 2.17. The molecule has 0 bridgehead atoms. The Bertz CT molecular complexity index is 208. The molecular weight excluding hydrogens is 182 g/mol. The summed E-state index contributed by atoms with van der Waals surface area (Å²) in [6.45, 7) is 0. The van der Waals surface area contributed by atoms with E-state index >= 15 is 0 Å². The van der Waals surface area contributed by atoms with E-state index < -0.39 is 5.97 Å². The highest BCUT2D eigenvalue weighted by molar-refractivity contribution is 5.68. The Hall–Kier alpha value is -0.610. The Morgan fingerprint density at radius 2 is 2.36 bits per heavy atom. The van der Waals surface area contributed by atoms with Crippen molar-refractivity contribution in [3.63, 3.8) is 0 Å². The zero-order valence-electron chi connectivity index (χ0n) is 8.88. The lowest BCUT2D eigenvalue weighted by Crippen LogP contribution is -2.56. The summed E-state index contributed by atoms with van der Waals surface area (Å²) < 4.78 is 5.37. The van der Waals surface area contributed by atoms with Gasteiger partial charge in [-0.2, -0.15) is 0 Å². The van der Waals surface area contributed by atoms with Crippen molar-refractivity contribution >= 4 is 5.97 Å². The normalized spacial score (nSPS) is 32.9. The van der Waals surface area contributed by atoms with E-state index in [9.17, 15) is 4.79 Å². The van der Waals surface area contributed by atoms with Gasteiger partial charge in [0, 0.05) is 7.11 Å². The molecule has 1 fully saturated rings. The molecule has 4 nitrogen and oxygen atoms in total. The molecule has 82 valence electrons. The van der Waals surface area contributed by atoms with Gasteiger partial charge in [-0.3, -0.25) is 4.79 Å². The Balaban J connectivity index is 2.75. The average molecular weight is 201 g/mol. The fraction of sp³-hybridized carbons (Fsp3) is 0.900. The predicted molar refractivity (Wildman–Crippen MR) is 53.3 cm³/mol. The smallest absolute Gasteiger partial charge is 0.305 e. The third-order valence-corrected chi connectivity index (χ3v) is 3.20. The number of carboxylic acids is 1. The molecule has 1 aliphatic rings. The molecule has 2 N–H and O–H groups in total. The quantitative estimate of drug-likeness (QED) is 0.712. The first-order valence-corrected chi connectivity index (χ1v) is 5.08. The fourth-order valence-corrected chi connectivity index (χ4v) is 2.40. The van der Waals surface area contributed by atoms with Crippen LogP contribution in [0.15, 0.2) is 0 Å². The minimum atomic E-state index is -0.761. The first-order valence-electron chi connectivity index (χ1n) is 5.08. The van der Waals surface area contributed by atoms with E-state index in [0.717, 1.165) is 25.7 Å². The maximum Gasteiger partial charge on any atom is 0.305 e. The summed E-state index contributed by atoms with van der Waals surface area (Å²) in [6.07, 6.45) is 4.20. The molecule has 0 heterocycles. The van der Waals surface area contributed by atoms with Crippen molar-refractivity contribution in [1.82, 2.24) is 5.32 Å². The minimum Gasteiger partial charge on any atom is -0.481 e. The van der Waals surface area contributed by atoms with E-state index in [1.807, 2.05) is 7.05 Å². The van der Waals surface area contributed by atoms with Crippen LogP contribution in [0.1, 0.15) is 32.1 Å². The number of likely N-dealkylation sites (N-methyl/N-ethyl adjacent to an activating group) is 1. The molecule has 2 unspecified atom stereocenters. The van der Waals surface area contributed by atoms with Crippen LogP contribution in [0.2, 0.25) is 0 Å². The first-order chi connectivity index (χ1) is 6.64. The molecule has 0 amide bonds. The summed E-state index contributed by atoms with van der Waals surface area (Å²) in [6, 6.07) is 0. The van der Waals surface area contributed by atoms with E-state index in [-0.39, 0.29) is 18.1 Å². The summed E-state index contributed by atoms with van der Waals surface area (Å²) in [5.74, 6) is -0.761. The molecule has 0 radical (unpaired) electrons. The van der Waals surface area contributed by atoms with E-state index in [4.69, 9.17) is 9.84 Å². The van der Waals surface area contributed by atoms with Gasteiger partial charge in [-0.15, -0.1) is 0 Å². The summed E-state index contributed by atoms with van der Waals surface area (Å²) in [7, 11) is 3.48. The third kappa shape index (κ3) is 2.25. The van der Waals surface area contributed by atoms with E-state index in [1.165, 1.54) is 0 Å². The molecule has 0 aromatic heterocycles. The number of methoxy groups -OCH3 is 1. The van der Waals surface area contributed by atoms with Crippen molar-refractivity contribution < 1.29 is 14.6 Å². The fourth-order valence-electron chi connectivity index (χ4n) is 2.40. The maximum absolute atomic E-state index is 10.8. The van der Waals surface area contributed by atoms with Gasteiger partial charge in [0.2, 0.25) is 0 Å². The van der Waals surface area contributed by atoms with Gasteiger partial charge in [0.15, 0.2) is 0 Å². The van der Waals surface area contributed by atoms with Crippen LogP contribution in [0.3, 0.4) is 0 Å². The number of nitrogens with one attached hydrogen (secondary N) is 1. The monoisotopic (exact) mass is 201 g/mol. The van der Waals surface area contributed by atoms with Crippen LogP contribution in [0.4, 0.5) is 0 Å². The molecule has 1 rings (SSSR count). The van der Waals surface area contributed by atoms with Crippen molar-refractivity contribution in [3.8, 4) is 0 Å². The Labute approximate surface area is 84.6 Å². The number of carboxylic acid groups (broad SMARTS) is 1. The second-order valence-corrected chi connectivity index (χ2v) is 3.95. The molecular formula is C10H19NO3. The van der Waals surface area contributed by atoms with Crippen LogP contribution in [0.5, 0.6) is 0 Å². The van der Waals surface area contributed by atoms with Gasteiger partial charge in [0.05, 0.1) is 18.1 Å². The van der Waals surface area contributed by atoms with Crippen LogP contribution in [-0.2, 0) is 9.53 Å². The molecule has 2 atom stereocenters. The molecule has 0 aromatic carbocycles. The van der Waals surface area contributed by atoms with E-state index in [1.54, 1.807) is 7.11 Å². The summed E-state index contributed by atoms with van der Waals surface area (Å²) >= 11 is 0. The van der Waals surface area contributed by atoms with Crippen LogP contribution < -0.4 is 5.32 Å². The van der Waals surface area contributed by atoms with E-state index in [2.05, 4.69) is 5.32 Å². The molecule has 4 heteroatoms. The SMILES string of the molecule is CNC1(CC(=O)O)CCCCC1OC. The molecule has 0 aliphatic heterocycles. The lowest BCUT2D eigenvalue weighted by Gasteiger charge is -2.42. The Morgan fingerprint density at radius 1 is 1.64 bits per heavy atom. The molecule has 1 saturated carbocycles. The summed E-state index contributed by atoms with van der Waals surface area (Å²) in [5, 5.41) is 12.0. The number of rotatable bonds is 4. The highest BCUT2D eigenvalue weighted by Crippen LogP contribution is 2.32. The maximum atomic E-state index is 10.8. The number of aliphatic carboxylic acids is 1. The van der Waals surface area contributed by atoms with Gasteiger partial charge in [0.1, 0.15) is 0 Å². The lowest BCUT2D eigenvalue weighted by molar-refractivity contribution is -0.141. The number of carbonyl (C=O) groups is 1. The summed E-state index contributed by atoms with van der Waals surface area (Å²) in [4.78, 5) is 10.8. The topological polar surface area (TPSA) is 58.6 Å². The summed E-state index contributed by atoms with van der Waals surface area (Å²) in [5.41, 5.74) is -0.362. The highest BCUT2D eigenvalue weighted by atomic mass is 16.5. The first kappa shape index (κ1) is 11.5. The van der Waals surface area contributed by atoms with Crippen molar-refractivity contribution in [1.29, 1.82) is 0 Å². The predicted octanol–water partition coefficient (Wildman–Crippen LogP) is 1.01. The van der Waals surface area contributed by atoms with Crippen molar-refractivity contribution in [2.45, 2.75) is 43.7 Å². The third-order valence-electron chi connectivity index (χ3n) is 3.20. The number of hydrogen-bond donors (Lipinski definition) is 2. The van der Waals surface area contributed by atoms with Crippen molar-refractivity contribution in [2.75, 3.05) is 14.2 Å². The highest BCUT2D eigenvalue weighted by Gasteiger charge is 2.41. The molecule has 1 aliphatic carbocycles. The minimum absolute atomic E-state index is 0.0253. The molecule has 0 saturated heterocycles. The zero-order chi connectivity index (χ0) is 10.6. The van der Waals surface area contributed by atoms with E-state index in [0.29, 0.717) is 0 Å². The molecule has 14 heavy (non-hydrogen) atoms. The zero-order valence-corrected chi connectivity index (χ0v) is 8.88. The second kappa shape index (κ2) is 4.75. The Kier molecular flexibility index (Phi) is 3.89. The lowest BCUT2D eigenvalue weighted by atomic mass is 9.77. The van der Waals surface area contributed by atoms with Gasteiger partial charge < -0.3 is 15.2 Å². The van der Waals surface area contributed by atoms with Gasteiger partial charge in [-0.05, 0) is 19.9 Å². The van der Waals surface area contributed by atoms with Crippen molar-refractivity contribution in [3.05, 3.63) is 0 Å². The van der Waals surface area contributed by atoms with Gasteiger partial charge in [-0.1, -0.05) is 12.8 Å². The van der Waals surface area contributed by atoms with Crippen LogP contribution in [0, 0.1) is 0 Å². The van der Waals surface area contributed by atoms with Crippen LogP contribution in [0.25, 0.3) is 0 Å². The van der Waals surface area contributed by atoms with Gasteiger partial charge in [-0.25, -0.2) is 0 Å². The van der Waals surface area contributed by atoms with Crippen LogP contribution in [-0.4, -0.2) is 36.9 Å². The number of hydrogen-bond acceptors (Lipinski definition) is 3. The van der Waals surface area contributed by atoms with Crippen LogP contribution >= 0.6 is 0 Å². The van der Waals surface area contributed by atoms with Gasteiger partial charge in [0.25, 0.3) is 0 Å². The molecule has 0 spiro atoms. The Morgan fingerprint density at radius 3 is 2.86 bits per heavy atom. The van der Waals surface area contributed by atoms with Gasteiger partial charge >= 0.3 is 5.97 Å².